The third kappa shape index (κ3) is 4.17. The van der Waals surface area contributed by atoms with E-state index in [9.17, 15) is 9.59 Å². The summed E-state index contributed by atoms with van der Waals surface area (Å²) < 4.78 is 10.3. The summed E-state index contributed by atoms with van der Waals surface area (Å²) in [4.78, 5) is 22.9. The fraction of sp³-hybridized carbons (Fsp3) is 0.385. The molecular formula is C13H18N2O4. The van der Waals surface area contributed by atoms with Crippen molar-refractivity contribution in [1.82, 2.24) is 5.32 Å². The molecule has 6 heteroatoms. The van der Waals surface area contributed by atoms with Gasteiger partial charge in [-0.05, 0) is 19.1 Å². The molecule has 0 atom stereocenters. The Kier molecular flexibility index (Phi) is 5.66. The van der Waals surface area contributed by atoms with Crippen LogP contribution in [0.15, 0.2) is 18.2 Å². The molecule has 0 heterocycles. The molecule has 0 bridgehead atoms. The maximum absolute atomic E-state index is 11.9. The molecule has 1 aromatic carbocycles. The first-order valence-corrected chi connectivity index (χ1v) is 5.99. The molecular weight excluding hydrogens is 248 g/mol. The van der Waals surface area contributed by atoms with Crippen molar-refractivity contribution in [2.45, 2.75) is 13.3 Å². The summed E-state index contributed by atoms with van der Waals surface area (Å²) in [5.74, 6) is -0.406. The van der Waals surface area contributed by atoms with E-state index in [1.807, 2.05) is 6.92 Å². The zero-order valence-electron chi connectivity index (χ0n) is 11.1. The van der Waals surface area contributed by atoms with Crippen molar-refractivity contribution in [3.8, 4) is 5.75 Å². The third-order valence-electron chi connectivity index (χ3n) is 2.40. The van der Waals surface area contributed by atoms with Crippen LogP contribution in [0.5, 0.6) is 5.75 Å². The molecule has 0 unspecified atom stereocenters. The van der Waals surface area contributed by atoms with Gasteiger partial charge in [0.05, 0.1) is 13.0 Å². The van der Waals surface area contributed by atoms with Crippen LogP contribution in [0.4, 0.5) is 5.69 Å². The highest BCUT2D eigenvalue weighted by molar-refractivity contribution is 5.98. The number of nitrogens with one attached hydrogen (secondary N) is 1. The molecule has 0 aliphatic heterocycles. The van der Waals surface area contributed by atoms with Gasteiger partial charge in [-0.2, -0.15) is 0 Å². The van der Waals surface area contributed by atoms with Gasteiger partial charge in [0.1, 0.15) is 17.9 Å². The van der Waals surface area contributed by atoms with Gasteiger partial charge in [-0.15, -0.1) is 0 Å². The molecule has 6 nitrogen and oxygen atoms in total. The second-order valence-electron chi connectivity index (χ2n) is 3.71. The van der Waals surface area contributed by atoms with Crippen LogP contribution in [0.25, 0.3) is 0 Å². The summed E-state index contributed by atoms with van der Waals surface area (Å²) in [6, 6.07) is 4.94. The first-order chi connectivity index (χ1) is 9.10. The van der Waals surface area contributed by atoms with Crippen molar-refractivity contribution in [1.29, 1.82) is 0 Å². The highest BCUT2D eigenvalue weighted by Crippen LogP contribution is 2.25. The third-order valence-corrected chi connectivity index (χ3v) is 2.40. The van der Waals surface area contributed by atoms with Gasteiger partial charge in [0.25, 0.3) is 0 Å². The monoisotopic (exact) mass is 266 g/mol. The van der Waals surface area contributed by atoms with Gasteiger partial charge >= 0.3 is 5.97 Å². The molecule has 0 spiro atoms. The summed E-state index contributed by atoms with van der Waals surface area (Å²) in [5, 5.41) is 2.44. The molecule has 1 aromatic rings. The number of rotatable bonds is 6. The van der Waals surface area contributed by atoms with Gasteiger partial charge in [0.15, 0.2) is 0 Å². The van der Waals surface area contributed by atoms with Crippen molar-refractivity contribution in [2.24, 2.45) is 0 Å². The molecule has 0 fully saturated rings. The number of hydrogen-bond donors (Lipinski definition) is 2. The van der Waals surface area contributed by atoms with Gasteiger partial charge in [-0.3, -0.25) is 4.79 Å². The van der Waals surface area contributed by atoms with Gasteiger partial charge in [-0.1, -0.05) is 6.07 Å². The smallest absolute Gasteiger partial charge is 0.344 e. The van der Waals surface area contributed by atoms with Gasteiger partial charge in [0, 0.05) is 12.7 Å². The predicted molar refractivity (Wildman–Crippen MR) is 71.0 cm³/mol. The summed E-state index contributed by atoms with van der Waals surface area (Å²) in [6.07, 6.45) is 0.110. The van der Waals surface area contributed by atoms with Crippen LogP contribution in [-0.4, -0.2) is 32.1 Å². The van der Waals surface area contributed by atoms with E-state index in [0.717, 1.165) is 0 Å². The average molecular weight is 266 g/mol. The molecule has 0 saturated carbocycles. The molecule has 0 radical (unpaired) electrons. The lowest BCUT2D eigenvalue weighted by atomic mass is 10.1. The number of nitrogen functional groups attached to an aromatic ring is 1. The van der Waals surface area contributed by atoms with Crippen LogP contribution in [0.3, 0.4) is 0 Å². The Hall–Kier alpha value is -2.24. The second-order valence-corrected chi connectivity index (χ2v) is 3.71. The molecule has 0 aliphatic rings. The van der Waals surface area contributed by atoms with Gasteiger partial charge in [0.2, 0.25) is 5.91 Å². The minimum atomic E-state index is -0.592. The van der Waals surface area contributed by atoms with Crippen molar-refractivity contribution < 1.29 is 19.1 Å². The molecule has 19 heavy (non-hydrogen) atoms. The lowest BCUT2D eigenvalue weighted by Gasteiger charge is -2.11. The van der Waals surface area contributed by atoms with Crippen molar-refractivity contribution in [2.75, 3.05) is 26.0 Å². The van der Waals surface area contributed by atoms with E-state index in [0.29, 0.717) is 12.4 Å². The Morgan fingerprint density at radius 2 is 2.11 bits per heavy atom. The fourth-order valence-electron chi connectivity index (χ4n) is 1.48. The van der Waals surface area contributed by atoms with Crippen molar-refractivity contribution in [3.63, 3.8) is 0 Å². The van der Waals surface area contributed by atoms with E-state index in [1.165, 1.54) is 7.05 Å². The number of ether oxygens (including phenoxy) is 2. The minimum Gasteiger partial charge on any atom is -0.493 e. The zero-order valence-corrected chi connectivity index (χ0v) is 11.1. The quantitative estimate of drug-likeness (QED) is 0.591. The highest BCUT2D eigenvalue weighted by Gasteiger charge is 2.17. The second kappa shape index (κ2) is 7.25. The van der Waals surface area contributed by atoms with Gasteiger partial charge in [-0.25, -0.2) is 4.79 Å². The van der Waals surface area contributed by atoms with E-state index in [1.54, 1.807) is 18.2 Å². The molecule has 0 saturated heterocycles. The maximum Gasteiger partial charge on any atom is 0.344 e. The first-order valence-electron chi connectivity index (χ1n) is 5.99. The molecule has 1 rings (SSSR count). The van der Waals surface area contributed by atoms with Crippen LogP contribution in [0, 0.1) is 0 Å². The van der Waals surface area contributed by atoms with Crippen LogP contribution in [0.2, 0.25) is 0 Å². The summed E-state index contributed by atoms with van der Waals surface area (Å²) >= 11 is 0. The predicted octanol–water partition coefficient (Wildman–Crippen LogP) is 0.960. The number of anilines is 1. The van der Waals surface area contributed by atoms with Crippen molar-refractivity contribution >= 4 is 17.6 Å². The Labute approximate surface area is 111 Å². The van der Waals surface area contributed by atoms with Gasteiger partial charge < -0.3 is 20.5 Å². The Balaban J connectivity index is 2.73. The number of carbonyl (C=O) groups excluding carboxylic acids is 2. The van der Waals surface area contributed by atoms with Crippen LogP contribution < -0.4 is 15.8 Å². The topological polar surface area (TPSA) is 90.7 Å². The Morgan fingerprint density at radius 3 is 2.74 bits per heavy atom. The maximum atomic E-state index is 11.9. The summed E-state index contributed by atoms with van der Waals surface area (Å²) in [7, 11) is 1.52. The number of hydrogen-bond acceptors (Lipinski definition) is 5. The number of benzene rings is 1. The standard InChI is InChI=1S/C13H18N2O4/c1-3-18-10-6-4-5-9(14)12(10)13(17)19-8-7-11(16)15-2/h4-6H,3,7-8,14H2,1-2H3,(H,15,16). The van der Waals surface area contributed by atoms with E-state index in [4.69, 9.17) is 15.2 Å². The number of amides is 1. The minimum absolute atomic E-state index is 0.00158. The average Bonchev–Trinajstić information content (AvgIpc) is 2.38. The molecule has 3 N–H and O–H groups in total. The van der Waals surface area contributed by atoms with Crippen molar-refractivity contribution in [3.05, 3.63) is 23.8 Å². The Bertz CT molecular complexity index is 460. The Morgan fingerprint density at radius 1 is 1.37 bits per heavy atom. The van der Waals surface area contributed by atoms with Crippen LogP contribution >= 0.6 is 0 Å². The van der Waals surface area contributed by atoms with Crippen LogP contribution in [0.1, 0.15) is 23.7 Å². The molecule has 0 aromatic heterocycles. The number of carbonyl (C=O) groups is 2. The van der Waals surface area contributed by atoms with E-state index in [-0.39, 0.29) is 30.2 Å². The SMILES string of the molecule is CCOc1cccc(N)c1C(=O)OCCC(=O)NC. The van der Waals surface area contributed by atoms with E-state index in [2.05, 4.69) is 5.32 Å². The lowest BCUT2D eigenvalue weighted by molar-refractivity contribution is -0.121. The van der Waals surface area contributed by atoms with E-state index >= 15 is 0 Å². The number of nitrogens with two attached hydrogens (primary N) is 1. The zero-order chi connectivity index (χ0) is 14.3. The summed E-state index contributed by atoms with van der Waals surface area (Å²) in [6.45, 7) is 2.23. The largest absolute Gasteiger partial charge is 0.493 e. The molecule has 0 aliphatic carbocycles. The normalized spacial score (nSPS) is 9.79. The summed E-state index contributed by atoms with van der Waals surface area (Å²) in [5.41, 5.74) is 6.23. The molecule has 1 amide bonds. The number of esters is 1. The van der Waals surface area contributed by atoms with Crippen LogP contribution in [-0.2, 0) is 9.53 Å². The fourth-order valence-corrected chi connectivity index (χ4v) is 1.48. The molecule has 104 valence electrons. The highest BCUT2D eigenvalue weighted by atomic mass is 16.5. The first kappa shape index (κ1) is 14.8. The van der Waals surface area contributed by atoms with E-state index < -0.39 is 5.97 Å². The lowest BCUT2D eigenvalue weighted by Crippen LogP contribution is -2.20.